The number of sulfonamides is 1. The molecule has 0 spiro atoms. The van der Waals surface area contributed by atoms with Gasteiger partial charge in [0.25, 0.3) is 0 Å². The minimum Gasteiger partial charge on any atom is -0.307 e. The van der Waals surface area contributed by atoms with Crippen molar-refractivity contribution in [1.82, 2.24) is 9.29 Å². The molecule has 1 unspecified atom stereocenters. The Labute approximate surface area is 121 Å². The molecule has 3 N–H and O–H groups in total. The number of nitrogens with two attached hydrogens (primary N) is 1. The van der Waals surface area contributed by atoms with Crippen LogP contribution >= 0.6 is 15.9 Å². The highest BCUT2D eigenvalue weighted by molar-refractivity contribution is 9.10. The quantitative estimate of drug-likeness (QED) is 0.639. The highest BCUT2D eigenvalue weighted by Gasteiger charge is 2.31. The van der Waals surface area contributed by atoms with Gasteiger partial charge in [-0.15, -0.1) is 0 Å². The van der Waals surface area contributed by atoms with Gasteiger partial charge >= 0.3 is 0 Å². The van der Waals surface area contributed by atoms with Crippen molar-refractivity contribution in [2.45, 2.75) is 24.7 Å². The Kier molecular flexibility index (Phi) is 4.44. The molecular weight excluding hydrogens is 332 g/mol. The third-order valence-corrected chi connectivity index (χ3v) is 5.51. The van der Waals surface area contributed by atoms with E-state index in [1.165, 1.54) is 16.6 Å². The Morgan fingerprint density at radius 2 is 2.32 bits per heavy atom. The van der Waals surface area contributed by atoms with Crippen molar-refractivity contribution in [2.75, 3.05) is 18.5 Å². The summed E-state index contributed by atoms with van der Waals surface area (Å²) in [6.07, 6.45) is 3.45. The van der Waals surface area contributed by atoms with Gasteiger partial charge in [0.2, 0.25) is 10.0 Å². The molecule has 106 valence electrons. The van der Waals surface area contributed by atoms with E-state index in [1.807, 2.05) is 0 Å². The summed E-state index contributed by atoms with van der Waals surface area (Å²) in [5.74, 6) is 5.88. The van der Waals surface area contributed by atoms with Gasteiger partial charge in [-0.2, -0.15) is 4.31 Å². The van der Waals surface area contributed by atoms with E-state index in [4.69, 9.17) is 5.84 Å². The zero-order valence-electron chi connectivity index (χ0n) is 10.6. The van der Waals surface area contributed by atoms with Crippen molar-refractivity contribution in [3.05, 3.63) is 16.7 Å². The first kappa shape index (κ1) is 14.7. The van der Waals surface area contributed by atoms with Crippen LogP contribution in [0, 0.1) is 5.92 Å². The number of pyridine rings is 1. The van der Waals surface area contributed by atoms with Gasteiger partial charge in [-0.05, 0) is 40.8 Å². The molecular formula is C11H17BrN4O2S. The Morgan fingerprint density at radius 1 is 1.58 bits per heavy atom. The van der Waals surface area contributed by atoms with Crippen molar-refractivity contribution in [2.24, 2.45) is 11.8 Å². The zero-order valence-corrected chi connectivity index (χ0v) is 13.0. The number of nitrogens with one attached hydrogen (secondary N) is 1. The molecule has 1 aliphatic heterocycles. The van der Waals surface area contributed by atoms with E-state index in [0.29, 0.717) is 23.5 Å². The highest BCUT2D eigenvalue weighted by atomic mass is 79.9. The first-order chi connectivity index (χ1) is 8.95. The van der Waals surface area contributed by atoms with Crippen LogP contribution in [0.4, 0.5) is 5.82 Å². The lowest BCUT2D eigenvalue weighted by atomic mass is 10.0. The second-order valence-corrected chi connectivity index (χ2v) is 7.58. The molecule has 1 atom stereocenters. The van der Waals surface area contributed by atoms with Gasteiger partial charge in [-0.1, -0.05) is 6.92 Å². The first-order valence-corrected chi connectivity index (χ1v) is 8.30. The van der Waals surface area contributed by atoms with Gasteiger partial charge in [0.1, 0.15) is 4.90 Å². The molecule has 0 saturated carbocycles. The zero-order chi connectivity index (χ0) is 14.0. The number of hydrazine groups is 1. The van der Waals surface area contributed by atoms with Crippen LogP contribution < -0.4 is 11.3 Å². The summed E-state index contributed by atoms with van der Waals surface area (Å²) in [7, 11) is -3.56. The van der Waals surface area contributed by atoms with E-state index in [-0.39, 0.29) is 10.7 Å². The predicted molar refractivity (Wildman–Crippen MR) is 76.9 cm³/mol. The van der Waals surface area contributed by atoms with Crippen LogP contribution in [0.1, 0.15) is 19.8 Å². The molecule has 0 radical (unpaired) electrons. The van der Waals surface area contributed by atoms with Gasteiger partial charge in [-0.3, -0.25) is 0 Å². The smallest absolute Gasteiger partial charge is 0.246 e. The van der Waals surface area contributed by atoms with Crippen LogP contribution in [0.2, 0.25) is 0 Å². The summed E-state index contributed by atoms with van der Waals surface area (Å²) in [6, 6.07) is 1.52. The molecule has 1 aromatic rings. The monoisotopic (exact) mass is 348 g/mol. The highest BCUT2D eigenvalue weighted by Crippen LogP contribution is 2.28. The number of aromatic nitrogens is 1. The van der Waals surface area contributed by atoms with Crippen LogP contribution in [0.25, 0.3) is 0 Å². The minimum atomic E-state index is -3.56. The van der Waals surface area contributed by atoms with E-state index in [1.54, 1.807) is 0 Å². The van der Waals surface area contributed by atoms with Crippen molar-refractivity contribution < 1.29 is 8.42 Å². The van der Waals surface area contributed by atoms with E-state index < -0.39 is 10.0 Å². The second-order valence-electron chi connectivity index (χ2n) is 4.76. The summed E-state index contributed by atoms with van der Waals surface area (Å²) in [5, 5.41) is 0. The molecule has 19 heavy (non-hydrogen) atoms. The van der Waals surface area contributed by atoms with Crippen LogP contribution in [0.5, 0.6) is 0 Å². The van der Waals surface area contributed by atoms with Gasteiger partial charge in [0.05, 0.1) is 0 Å². The van der Waals surface area contributed by atoms with Crippen LogP contribution in [0.15, 0.2) is 21.6 Å². The number of hydrogen-bond acceptors (Lipinski definition) is 5. The average Bonchev–Trinajstić information content (AvgIpc) is 2.38. The molecule has 0 aliphatic carbocycles. The average molecular weight is 349 g/mol. The summed E-state index contributed by atoms with van der Waals surface area (Å²) in [6.45, 7) is 3.14. The van der Waals surface area contributed by atoms with Gasteiger partial charge in [0.15, 0.2) is 5.82 Å². The topological polar surface area (TPSA) is 88.3 Å². The molecule has 6 nitrogen and oxygen atoms in total. The van der Waals surface area contributed by atoms with E-state index >= 15 is 0 Å². The molecule has 1 aromatic heterocycles. The molecule has 0 aromatic carbocycles. The number of rotatable bonds is 3. The predicted octanol–water partition coefficient (Wildman–Crippen LogP) is 1.55. The lowest BCUT2D eigenvalue weighted by Gasteiger charge is -2.30. The molecule has 1 aliphatic rings. The summed E-state index contributed by atoms with van der Waals surface area (Å²) in [4.78, 5) is 4.10. The number of hydrogen-bond donors (Lipinski definition) is 2. The number of nitrogens with zero attached hydrogens (tertiary/aromatic N) is 2. The van der Waals surface area contributed by atoms with Crippen molar-refractivity contribution in [3.63, 3.8) is 0 Å². The fraction of sp³-hybridized carbons (Fsp3) is 0.545. The fourth-order valence-electron chi connectivity index (χ4n) is 2.23. The van der Waals surface area contributed by atoms with Gasteiger partial charge < -0.3 is 5.43 Å². The van der Waals surface area contributed by atoms with Crippen molar-refractivity contribution >= 4 is 31.8 Å². The first-order valence-electron chi connectivity index (χ1n) is 6.07. The number of nitrogen functional groups attached to an aromatic ring is 1. The van der Waals surface area contributed by atoms with Crippen molar-refractivity contribution in [1.29, 1.82) is 0 Å². The lowest BCUT2D eigenvalue weighted by molar-refractivity contribution is 0.281. The van der Waals surface area contributed by atoms with Crippen LogP contribution in [-0.4, -0.2) is 30.8 Å². The summed E-state index contributed by atoms with van der Waals surface area (Å²) < 4.78 is 27.4. The molecule has 0 bridgehead atoms. The summed E-state index contributed by atoms with van der Waals surface area (Å²) >= 11 is 3.24. The maximum Gasteiger partial charge on any atom is 0.246 e. The van der Waals surface area contributed by atoms with Crippen molar-refractivity contribution in [3.8, 4) is 0 Å². The SMILES string of the molecule is CC1CCCN(S(=O)(=O)c2cc(Br)cnc2NN)C1. The van der Waals surface area contributed by atoms with Gasteiger partial charge in [0, 0.05) is 23.8 Å². The Hall–Kier alpha value is -0.700. The normalized spacial score (nSPS) is 21.3. The third-order valence-electron chi connectivity index (χ3n) is 3.19. The molecule has 8 heteroatoms. The number of piperidine rings is 1. The third kappa shape index (κ3) is 3.07. The number of halogens is 1. The largest absolute Gasteiger partial charge is 0.307 e. The van der Waals surface area contributed by atoms with Gasteiger partial charge in [-0.25, -0.2) is 19.2 Å². The standard InChI is InChI=1S/C11H17BrN4O2S/c1-8-3-2-4-16(7-8)19(17,18)10-5-9(12)6-14-11(10)15-13/h5-6,8H,2-4,7,13H2,1H3,(H,14,15). The molecule has 0 amide bonds. The maximum absolute atomic E-state index is 12.6. The van der Waals surface area contributed by atoms with E-state index in [2.05, 4.69) is 33.3 Å². The molecule has 1 saturated heterocycles. The molecule has 1 fully saturated rings. The number of anilines is 1. The lowest BCUT2D eigenvalue weighted by Crippen LogP contribution is -2.39. The Balaban J connectivity index is 2.41. The van der Waals surface area contributed by atoms with E-state index in [9.17, 15) is 8.42 Å². The Morgan fingerprint density at radius 3 is 2.95 bits per heavy atom. The maximum atomic E-state index is 12.6. The van der Waals surface area contributed by atoms with Crippen LogP contribution in [0.3, 0.4) is 0 Å². The van der Waals surface area contributed by atoms with Crippen LogP contribution in [-0.2, 0) is 10.0 Å². The molecule has 2 rings (SSSR count). The summed E-state index contributed by atoms with van der Waals surface area (Å²) in [5.41, 5.74) is 2.34. The Bertz CT molecular complexity index is 564. The fourth-order valence-corrected chi connectivity index (χ4v) is 4.44. The van der Waals surface area contributed by atoms with E-state index in [0.717, 1.165) is 12.8 Å². The second kappa shape index (κ2) is 5.74. The molecule has 2 heterocycles. The minimum absolute atomic E-state index is 0.110.